The fourth-order valence-corrected chi connectivity index (χ4v) is 2.06. The number of hydrogen-bond acceptors (Lipinski definition) is 6. The average Bonchev–Trinajstić information content (AvgIpc) is 2.42. The number of benzene rings is 1. The van der Waals surface area contributed by atoms with E-state index in [-0.39, 0.29) is 0 Å². The molecule has 19 heavy (non-hydrogen) atoms. The van der Waals surface area contributed by atoms with Crippen molar-refractivity contribution in [1.29, 1.82) is 0 Å². The van der Waals surface area contributed by atoms with Crippen LogP contribution in [0.15, 0.2) is 24.3 Å². The normalized spacial score (nSPS) is 35.1. The van der Waals surface area contributed by atoms with Gasteiger partial charge < -0.3 is 30.5 Å². The summed E-state index contributed by atoms with van der Waals surface area (Å²) in [7, 11) is 0. The molecule has 5 N–H and O–H groups in total. The summed E-state index contributed by atoms with van der Waals surface area (Å²) in [6, 6.07) is 6.69. The number of halogens is 1. The molecule has 106 valence electrons. The molecule has 0 amide bonds. The predicted octanol–water partition coefficient (Wildman–Crippen LogP) is -0.448. The molecule has 1 unspecified atom stereocenters. The molecule has 1 aromatic carbocycles. The van der Waals surface area contributed by atoms with E-state index in [1.54, 1.807) is 24.3 Å². The summed E-state index contributed by atoms with van der Waals surface area (Å²) in [5, 5.41) is 41.6. The smallest absolute Gasteiger partial charge is 0.157 e. The Hall–Kier alpha value is -0.890. The first-order chi connectivity index (χ1) is 9.02. The van der Waals surface area contributed by atoms with E-state index in [2.05, 4.69) is 5.32 Å². The summed E-state index contributed by atoms with van der Waals surface area (Å²) < 4.78 is 5.31. The maximum Gasteiger partial charge on any atom is 0.157 e. The first-order valence-electron chi connectivity index (χ1n) is 5.85. The third-order valence-electron chi connectivity index (χ3n) is 3.05. The van der Waals surface area contributed by atoms with Gasteiger partial charge in [0.1, 0.15) is 24.4 Å². The number of anilines is 1. The Labute approximate surface area is 115 Å². The van der Waals surface area contributed by atoms with Crippen LogP contribution < -0.4 is 5.32 Å². The molecule has 0 aliphatic carbocycles. The lowest BCUT2D eigenvalue weighted by molar-refractivity contribution is -0.221. The highest BCUT2D eigenvalue weighted by molar-refractivity contribution is 6.30. The third-order valence-corrected chi connectivity index (χ3v) is 3.30. The van der Waals surface area contributed by atoms with Crippen molar-refractivity contribution in [3.63, 3.8) is 0 Å². The molecule has 0 spiro atoms. The van der Waals surface area contributed by atoms with E-state index in [0.717, 1.165) is 0 Å². The lowest BCUT2D eigenvalue weighted by atomic mass is 9.98. The fraction of sp³-hybridized carbons (Fsp3) is 0.500. The summed E-state index contributed by atoms with van der Waals surface area (Å²) >= 11 is 5.76. The number of aliphatic hydroxyl groups is 4. The molecule has 1 aliphatic heterocycles. The SMILES string of the molecule is OC[C@H]1OC(Nc2ccc(Cl)cc2)[C@H](O)[C@@H](O)[C@@H]1O. The highest BCUT2D eigenvalue weighted by Crippen LogP contribution is 2.23. The summed E-state index contributed by atoms with van der Waals surface area (Å²) in [6.45, 7) is -0.455. The third kappa shape index (κ3) is 3.17. The van der Waals surface area contributed by atoms with Crippen molar-refractivity contribution in [2.24, 2.45) is 0 Å². The van der Waals surface area contributed by atoms with Gasteiger partial charge in [0.25, 0.3) is 0 Å². The van der Waals surface area contributed by atoms with Crippen molar-refractivity contribution in [3.05, 3.63) is 29.3 Å². The molecule has 1 aromatic rings. The molecule has 1 aliphatic rings. The van der Waals surface area contributed by atoms with E-state index in [1.165, 1.54) is 0 Å². The van der Waals surface area contributed by atoms with Crippen LogP contribution in [0.4, 0.5) is 5.69 Å². The first-order valence-corrected chi connectivity index (χ1v) is 6.23. The van der Waals surface area contributed by atoms with Crippen molar-refractivity contribution in [3.8, 4) is 0 Å². The van der Waals surface area contributed by atoms with Crippen LogP contribution in [-0.4, -0.2) is 57.7 Å². The molecule has 5 atom stereocenters. The average molecular weight is 290 g/mol. The van der Waals surface area contributed by atoms with E-state index in [9.17, 15) is 15.3 Å². The zero-order chi connectivity index (χ0) is 14.0. The molecular weight excluding hydrogens is 274 g/mol. The molecule has 1 fully saturated rings. The number of hydrogen-bond donors (Lipinski definition) is 5. The van der Waals surface area contributed by atoms with E-state index in [1.807, 2.05) is 0 Å². The van der Waals surface area contributed by atoms with Gasteiger partial charge in [0, 0.05) is 10.7 Å². The molecule has 0 bridgehead atoms. The Morgan fingerprint density at radius 2 is 1.68 bits per heavy atom. The summed E-state index contributed by atoms with van der Waals surface area (Å²) in [4.78, 5) is 0. The minimum Gasteiger partial charge on any atom is -0.394 e. The quantitative estimate of drug-likeness (QED) is 0.517. The molecule has 0 saturated carbocycles. The van der Waals surface area contributed by atoms with E-state index >= 15 is 0 Å². The van der Waals surface area contributed by atoms with Gasteiger partial charge in [-0.3, -0.25) is 0 Å². The van der Waals surface area contributed by atoms with Crippen molar-refractivity contribution < 1.29 is 25.2 Å². The van der Waals surface area contributed by atoms with Gasteiger partial charge in [-0.15, -0.1) is 0 Å². The zero-order valence-corrected chi connectivity index (χ0v) is 10.7. The maximum atomic E-state index is 9.83. The van der Waals surface area contributed by atoms with Crippen molar-refractivity contribution >= 4 is 17.3 Å². The number of ether oxygens (including phenoxy) is 1. The molecule has 1 saturated heterocycles. The predicted molar refractivity (Wildman–Crippen MR) is 68.8 cm³/mol. The number of aliphatic hydroxyl groups excluding tert-OH is 4. The van der Waals surface area contributed by atoms with Crippen LogP contribution in [0.3, 0.4) is 0 Å². The zero-order valence-electron chi connectivity index (χ0n) is 9.98. The van der Waals surface area contributed by atoms with Crippen LogP contribution in [0.2, 0.25) is 5.02 Å². The second-order valence-corrected chi connectivity index (χ2v) is 4.84. The topological polar surface area (TPSA) is 102 Å². The van der Waals surface area contributed by atoms with Gasteiger partial charge in [0.2, 0.25) is 0 Å². The van der Waals surface area contributed by atoms with Crippen molar-refractivity contribution in [1.82, 2.24) is 0 Å². The Morgan fingerprint density at radius 3 is 2.26 bits per heavy atom. The Morgan fingerprint density at radius 1 is 1.05 bits per heavy atom. The lowest BCUT2D eigenvalue weighted by Gasteiger charge is -2.40. The van der Waals surface area contributed by atoms with Crippen LogP contribution in [0.1, 0.15) is 0 Å². The summed E-state index contributed by atoms with van der Waals surface area (Å²) in [5.74, 6) is 0. The standard InChI is InChI=1S/C12H16ClNO5/c13-6-1-3-7(4-2-6)14-12-11(18)10(17)9(16)8(5-15)19-12/h1-4,8-12,14-18H,5H2/t8-,9-,10+,11-,12?/m1/s1. The molecular formula is C12H16ClNO5. The van der Waals surface area contributed by atoms with E-state index in [0.29, 0.717) is 10.7 Å². The molecule has 6 nitrogen and oxygen atoms in total. The maximum absolute atomic E-state index is 9.83. The Balaban J connectivity index is 2.08. The van der Waals surface area contributed by atoms with Crippen molar-refractivity contribution in [2.45, 2.75) is 30.6 Å². The van der Waals surface area contributed by atoms with Gasteiger partial charge in [0.05, 0.1) is 6.61 Å². The highest BCUT2D eigenvalue weighted by Gasteiger charge is 2.43. The molecule has 7 heteroatoms. The Bertz CT molecular complexity index is 413. The van der Waals surface area contributed by atoms with Gasteiger partial charge >= 0.3 is 0 Å². The first kappa shape index (κ1) is 14.5. The minimum atomic E-state index is -1.39. The van der Waals surface area contributed by atoms with Gasteiger partial charge in [-0.05, 0) is 24.3 Å². The number of nitrogens with one attached hydrogen (secondary N) is 1. The van der Waals surface area contributed by atoms with Gasteiger partial charge in [-0.2, -0.15) is 0 Å². The summed E-state index contributed by atoms with van der Waals surface area (Å²) in [6.07, 6.45) is -5.92. The van der Waals surface area contributed by atoms with Crippen LogP contribution in [0.5, 0.6) is 0 Å². The Kier molecular flexibility index (Phi) is 4.62. The largest absolute Gasteiger partial charge is 0.394 e. The van der Waals surface area contributed by atoms with Crippen molar-refractivity contribution in [2.75, 3.05) is 11.9 Å². The summed E-state index contributed by atoms with van der Waals surface area (Å²) in [5.41, 5.74) is 0.633. The van der Waals surface area contributed by atoms with Crippen LogP contribution >= 0.6 is 11.6 Å². The van der Waals surface area contributed by atoms with Gasteiger partial charge in [-0.25, -0.2) is 0 Å². The molecule has 0 aromatic heterocycles. The van der Waals surface area contributed by atoms with Gasteiger partial charge in [0.15, 0.2) is 6.23 Å². The van der Waals surface area contributed by atoms with E-state index in [4.69, 9.17) is 21.4 Å². The second-order valence-electron chi connectivity index (χ2n) is 4.40. The van der Waals surface area contributed by atoms with Crippen LogP contribution in [0.25, 0.3) is 0 Å². The van der Waals surface area contributed by atoms with Gasteiger partial charge in [-0.1, -0.05) is 11.6 Å². The fourth-order valence-electron chi connectivity index (χ4n) is 1.93. The lowest BCUT2D eigenvalue weighted by Crippen LogP contribution is -2.60. The second kappa shape index (κ2) is 6.04. The minimum absolute atomic E-state index is 0.455. The molecule has 1 heterocycles. The van der Waals surface area contributed by atoms with E-state index < -0.39 is 37.3 Å². The van der Waals surface area contributed by atoms with Crippen LogP contribution in [0, 0.1) is 0 Å². The molecule has 0 radical (unpaired) electrons. The highest BCUT2D eigenvalue weighted by atomic mass is 35.5. The number of rotatable bonds is 3. The molecule has 2 rings (SSSR count). The van der Waals surface area contributed by atoms with Crippen LogP contribution in [-0.2, 0) is 4.74 Å². The monoisotopic (exact) mass is 289 g/mol.